The number of nitrogen functional groups attached to an aromatic ring is 1. The number of benzene rings is 1. The second-order valence-corrected chi connectivity index (χ2v) is 2.84. The van der Waals surface area contributed by atoms with Crippen molar-refractivity contribution >= 4 is 11.4 Å². The van der Waals surface area contributed by atoms with E-state index < -0.39 is 6.43 Å². The fraction of sp³-hybridized carbons (Fsp3) is 0.333. The van der Waals surface area contributed by atoms with Crippen LogP contribution in [0.1, 0.15) is 5.56 Å². The zero-order valence-corrected chi connectivity index (χ0v) is 7.35. The van der Waals surface area contributed by atoms with Crippen LogP contribution in [0.25, 0.3) is 0 Å². The molecular formula is C9H12F2N2. The van der Waals surface area contributed by atoms with Crippen LogP contribution in [0.15, 0.2) is 18.2 Å². The predicted molar refractivity (Wildman–Crippen MR) is 50.1 cm³/mol. The monoisotopic (exact) mass is 186 g/mol. The van der Waals surface area contributed by atoms with E-state index in [1.807, 2.05) is 6.92 Å². The Labute approximate surface area is 75.7 Å². The van der Waals surface area contributed by atoms with Gasteiger partial charge in [0, 0.05) is 11.4 Å². The van der Waals surface area contributed by atoms with Crippen LogP contribution in [-0.4, -0.2) is 13.0 Å². The first-order valence-electron chi connectivity index (χ1n) is 3.97. The average Bonchev–Trinajstić information content (AvgIpc) is 2.07. The third kappa shape index (κ3) is 2.89. The van der Waals surface area contributed by atoms with Gasteiger partial charge in [0.1, 0.15) is 0 Å². The van der Waals surface area contributed by atoms with Crippen molar-refractivity contribution in [3.05, 3.63) is 23.8 Å². The average molecular weight is 186 g/mol. The van der Waals surface area contributed by atoms with Crippen molar-refractivity contribution in [2.24, 2.45) is 0 Å². The molecule has 0 saturated heterocycles. The largest absolute Gasteiger partial charge is 0.398 e. The maximum atomic E-state index is 11.8. The fourth-order valence-corrected chi connectivity index (χ4v) is 0.945. The van der Waals surface area contributed by atoms with Gasteiger partial charge in [0.15, 0.2) is 0 Å². The molecule has 0 heterocycles. The lowest BCUT2D eigenvalue weighted by Gasteiger charge is -2.07. The molecule has 1 rings (SSSR count). The molecule has 0 atom stereocenters. The van der Waals surface area contributed by atoms with Gasteiger partial charge in [-0.05, 0) is 24.6 Å². The summed E-state index contributed by atoms with van der Waals surface area (Å²) in [6.45, 7) is 1.52. The van der Waals surface area contributed by atoms with Crippen molar-refractivity contribution in [1.82, 2.24) is 0 Å². The zero-order chi connectivity index (χ0) is 9.84. The maximum absolute atomic E-state index is 11.8. The molecule has 0 bridgehead atoms. The Kier molecular flexibility index (Phi) is 3.06. The third-order valence-electron chi connectivity index (χ3n) is 1.74. The van der Waals surface area contributed by atoms with Gasteiger partial charge in [0.25, 0.3) is 6.43 Å². The number of nitrogens with two attached hydrogens (primary N) is 1. The summed E-state index contributed by atoms with van der Waals surface area (Å²) < 4.78 is 23.6. The molecule has 0 aliphatic carbocycles. The molecule has 0 radical (unpaired) electrons. The van der Waals surface area contributed by atoms with Crippen LogP contribution in [-0.2, 0) is 0 Å². The van der Waals surface area contributed by atoms with E-state index in [9.17, 15) is 8.78 Å². The summed E-state index contributed by atoms with van der Waals surface area (Å²) in [4.78, 5) is 0. The summed E-state index contributed by atoms with van der Waals surface area (Å²) in [6.07, 6.45) is -2.34. The van der Waals surface area contributed by atoms with Crippen molar-refractivity contribution in [2.75, 3.05) is 17.6 Å². The SMILES string of the molecule is Cc1ccc(NCC(F)F)cc1N. The molecule has 1 aromatic carbocycles. The molecule has 4 heteroatoms. The minimum Gasteiger partial charge on any atom is -0.398 e. The van der Waals surface area contributed by atoms with Crippen LogP contribution in [0.5, 0.6) is 0 Å². The number of hydrogen-bond acceptors (Lipinski definition) is 2. The first-order valence-corrected chi connectivity index (χ1v) is 3.97. The van der Waals surface area contributed by atoms with E-state index in [4.69, 9.17) is 5.73 Å². The van der Waals surface area contributed by atoms with Gasteiger partial charge in [-0.2, -0.15) is 0 Å². The third-order valence-corrected chi connectivity index (χ3v) is 1.74. The molecule has 2 nitrogen and oxygen atoms in total. The topological polar surface area (TPSA) is 38.0 Å². The summed E-state index contributed by atoms with van der Waals surface area (Å²) in [5.41, 5.74) is 7.78. The summed E-state index contributed by atoms with van der Waals surface area (Å²) in [7, 11) is 0. The van der Waals surface area contributed by atoms with Crippen LogP contribution in [0, 0.1) is 6.92 Å². The minimum atomic E-state index is -2.34. The molecule has 72 valence electrons. The van der Waals surface area contributed by atoms with Gasteiger partial charge < -0.3 is 11.1 Å². The Morgan fingerprint density at radius 2 is 2.15 bits per heavy atom. The second-order valence-electron chi connectivity index (χ2n) is 2.84. The normalized spacial score (nSPS) is 10.5. The van der Waals surface area contributed by atoms with Crippen LogP contribution < -0.4 is 11.1 Å². The molecular weight excluding hydrogens is 174 g/mol. The smallest absolute Gasteiger partial charge is 0.255 e. The van der Waals surface area contributed by atoms with Crippen molar-refractivity contribution in [2.45, 2.75) is 13.3 Å². The molecule has 0 aromatic heterocycles. The van der Waals surface area contributed by atoms with Crippen molar-refractivity contribution in [1.29, 1.82) is 0 Å². The number of rotatable bonds is 3. The molecule has 0 spiro atoms. The van der Waals surface area contributed by atoms with Gasteiger partial charge in [-0.25, -0.2) is 8.78 Å². The molecule has 3 N–H and O–H groups in total. The maximum Gasteiger partial charge on any atom is 0.255 e. The van der Waals surface area contributed by atoms with Gasteiger partial charge in [0.05, 0.1) is 6.54 Å². The van der Waals surface area contributed by atoms with E-state index in [2.05, 4.69) is 5.32 Å². The molecule has 0 saturated carbocycles. The number of nitrogens with one attached hydrogen (secondary N) is 1. The molecule has 0 aliphatic rings. The quantitative estimate of drug-likeness (QED) is 0.710. The van der Waals surface area contributed by atoms with E-state index in [1.54, 1.807) is 18.2 Å². The van der Waals surface area contributed by atoms with Crippen LogP contribution in [0.4, 0.5) is 20.2 Å². The Morgan fingerprint density at radius 3 is 2.69 bits per heavy atom. The Balaban J connectivity index is 2.63. The number of hydrogen-bond donors (Lipinski definition) is 2. The van der Waals surface area contributed by atoms with Crippen LogP contribution >= 0.6 is 0 Å². The molecule has 0 amide bonds. The van der Waals surface area contributed by atoms with E-state index in [1.165, 1.54) is 0 Å². The lowest BCUT2D eigenvalue weighted by molar-refractivity contribution is 0.163. The molecule has 0 unspecified atom stereocenters. The Bertz CT molecular complexity index is 287. The summed E-state index contributed by atoms with van der Waals surface area (Å²) >= 11 is 0. The first-order chi connectivity index (χ1) is 6.09. The van der Waals surface area contributed by atoms with E-state index in [-0.39, 0.29) is 6.54 Å². The lowest BCUT2D eigenvalue weighted by Crippen LogP contribution is -2.10. The molecule has 13 heavy (non-hydrogen) atoms. The first kappa shape index (κ1) is 9.77. The van der Waals surface area contributed by atoms with Gasteiger partial charge in [-0.1, -0.05) is 6.07 Å². The highest BCUT2D eigenvalue weighted by atomic mass is 19.3. The number of halogens is 2. The minimum absolute atomic E-state index is 0.345. The van der Waals surface area contributed by atoms with Gasteiger partial charge in [-0.3, -0.25) is 0 Å². The van der Waals surface area contributed by atoms with E-state index in [0.29, 0.717) is 11.4 Å². The predicted octanol–water partition coefficient (Wildman–Crippen LogP) is 2.25. The van der Waals surface area contributed by atoms with Crippen LogP contribution in [0.2, 0.25) is 0 Å². The van der Waals surface area contributed by atoms with Crippen molar-refractivity contribution < 1.29 is 8.78 Å². The highest BCUT2D eigenvalue weighted by Gasteiger charge is 2.02. The van der Waals surface area contributed by atoms with Gasteiger partial charge >= 0.3 is 0 Å². The summed E-state index contributed by atoms with van der Waals surface area (Å²) in [6, 6.07) is 5.18. The molecule has 1 aromatic rings. The van der Waals surface area contributed by atoms with Gasteiger partial charge in [0.2, 0.25) is 0 Å². The Hall–Kier alpha value is -1.32. The number of alkyl halides is 2. The Morgan fingerprint density at radius 1 is 1.46 bits per heavy atom. The highest BCUT2D eigenvalue weighted by molar-refractivity contribution is 5.58. The molecule has 0 fully saturated rings. The summed E-state index contributed by atoms with van der Waals surface area (Å²) in [5, 5.41) is 2.58. The van der Waals surface area contributed by atoms with Crippen molar-refractivity contribution in [3.8, 4) is 0 Å². The van der Waals surface area contributed by atoms with E-state index in [0.717, 1.165) is 5.56 Å². The molecule has 0 aliphatic heterocycles. The zero-order valence-electron chi connectivity index (χ0n) is 7.35. The number of anilines is 2. The summed E-state index contributed by atoms with van der Waals surface area (Å²) in [5.74, 6) is 0. The lowest BCUT2D eigenvalue weighted by atomic mass is 10.2. The van der Waals surface area contributed by atoms with Crippen LogP contribution in [0.3, 0.4) is 0 Å². The van der Waals surface area contributed by atoms with Gasteiger partial charge in [-0.15, -0.1) is 0 Å². The highest BCUT2D eigenvalue weighted by Crippen LogP contribution is 2.16. The number of aryl methyl sites for hydroxylation is 1. The standard InChI is InChI=1S/C9H12F2N2/c1-6-2-3-7(4-8(6)12)13-5-9(10)11/h2-4,9,13H,5,12H2,1H3. The fourth-order valence-electron chi connectivity index (χ4n) is 0.945. The second kappa shape index (κ2) is 4.07. The van der Waals surface area contributed by atoms with Crippen molar-refractivity contribution in [3.63, 3.8) is 0 Å². The van der Waals surface area contributed by atoms with E-state index >= 15 is 0 Å².